The van der Waals surface area contributed by atoms with Gasteiger partial charge in [0.2, 0.25) is 5.91 Å². The number of ether oxygens (including phenoxy) is 1. The summed E-state index contributed by atoms with van der Waals surface area (Å²) in [6, 6.07) is 28.2. The number of carbonyl (C=O) groups is 1. The van der Waals surface area contributed by atoms with E-state index in [4.69, 9.17) is 4.74 Å². The molecule has 0 bridgehead atoms. The SMILES string of the molecule is COc1ccc(-n2c(SCCCCC(=O)NCCc3ccccc3)nnc2-c2ccccc2)cc1. The summed E-state index contributed by atoms with van der Waals surface area (Å²) in [5, 5.41) is 12.8. The monoisotopic (exact) mass is 486 g/mol. The van der Waals surface area contributed by atoms with Crippen molar-refractivity contribution in [2.75, 3.05) is 19.4 Å². The maximum atomic E-state index is 12.2. The van der Waals surface area contributed by atoms with Gasteiger partial charge in [0.05, 0.1) is 7.11 Å². The Kier molecular flexibility index (Phi) is 8.95. The first-order chi connectivity index (χ1) is 17.2. The number of hydrogen-bond acceptors (Lipinski definition) is 5. The number of unbranched alkanes of at least 4 members (excludes halogenated alkanes) is 1. The first kappa shape index (κ1) is 24.5. The van der Waals surface area contributed by atoms with Gasteiger partial charge in [-0.1, -0.05) is 72.4 Å². The molecular formula is C28H30N4O2S. The standard InChI is InChI=1S/C28H30N4O2S/c1-34-25-17-15-24(16-18-25)32-27(23-12-6-3-7-13-23)30-31-28(32)35-21-9-8-14-26(33)29-20-19-22-10-4-2-5-11-22/h2-7,10-13,15-18H,8-9,14,19-21H2,1H3,(H,29,33). The molecule has 35 heavy (non-hydrogen) atoms. The summed E-state index contributed by atoms with van der Waals surface area (Å²) in [6.07, 6.45) is 3.16. The Labute approximate surface area is 210 Å². The molecule has 0 spiro atoms. The van der Waals surface area contributed by atoms with Gasteiger partial charge in [-0.2, -0.15) is 0 Å². The first-order valence-corrected chi connectivity index (χ1v) is 12.8. The molecule has 3 aromatic carbocycles. The number of amides is 1. The van der Waals surface area contributed by atoms with Crippen LogP contribution < -0.4 is 10.1 Å². The first-order valence-electron chi connectivity index (χ1n) is 11.8. The van der Waals surface area contributed by atoms with Crippen LogP contribution in [0.4, 0.5) is 0 Å². The number of benzene rings is 3. The quantitative estimate of drug-likeness (QED) is 0.210. The van der Waals surface area contributed by atoms with Gasteiger partial charge >= 0.3 is 0 Å². The van der Waals surface area contributed by atoms with Crippen LogP contribution in [0.15, 0.2) is 90.1 Å². The number of nitrogens with zero attached hydrogens (tertiary/aromatic N) is 3. The van der Waals surface area contributed by atoms with Crippen molar-refractivity contribution < 1.29 is 9.53 Å². The molecule has 0 atom stereocenters. The van der Waals surface area contributed by atoms with E-state index >= 15 is 0 Å². The Hall–Kier alpha value is -3.58. The molecule has 0 aliphatic carbocycles. The van der Waals surface area contributed by atoms with E-state index in [1.807, 2.05) is 72.8 Å². The summed E-state index contributed by atoms with van der Waals surface area (Å²) < 4.78 is 7.39. The second-order valence-corrected chi connectivity index (χ2v) is 9.16. The van der Waals surface area contributed by atoms with E-state index in [2.05, 4.69) is 32.2 Å². The average molecular weight is 487 g/mol. The highest BCUT2D eigenvalue weighted by molar-refractivity contribution is 7.99. The molecule has 7 heteroatoms. The molecule has 1 heterocycles. The van der Waals surface area contributed by atoms with Crippen molar-refractivity contribution in [2.24, 2.45) is 0 Å². The summed E-state index contributed by atoms with van der Waals surface area (Å²) in [5.41, 5.74) is 3.23. The second kappa shape index (κ2) is 12.8. The number of aromatic nitrogens is 3. The van der Waals surface area contributed by atoms with Crippen molar-refractivity contribution in [1.29, 1.82) is 0 Å². The van der Waals surface area contributed by atoms with Gasteiger partial charge in [0.25, 0.3) is 0 Å². The highest BCUT2D eigenvalue weighted by Crippen LogP contribution is 2.29. The predicted octanol–water partition coefficient (Wildman–Crippen LogP) is 5.56. The lowest BCUT2D eigenvalue weighted by molar-refractivity contribution is -0.121. The van der Waals surface area contributed by atoms with Crippen LogP contribution in [0.2, 0.25) is 0 Å². The second-order valence-electron chi connectivity index (χ2n) is 8.10. The van der Waals surface area contributed by atoms with Crippen LogP contribution in [0, 0.1) is 0 Å². The molecular weight excluding hydrogens is 456 g/mol. The Bertz CT molecular complexity index is 1190. The maximum absolute atomic E-state index is 12.2. The van der Waals surface area contributed by atoms with Crippen LogP contribution in [0.25, 0.3) is 17.1 Å². The molecule has 0 saturated heterocycles. The van der Waals surface area contributed by atoms with Crippen molar-refractivity contribution in [2.45, 2.75) is 30.8 Å². The van der Waals surface area contributed by atoms with E-state index in [-0.39, 0.29) is 5.91 Å². The van der Waals surface area contributed by atoms with Crippen LogP contribution >= 0.6 is 11.8 Å². The van der Waals surface area contributed by atoms with Gasteiger partial charge in [0.1, 0.15) is 5.75 Å². The Balaban J connectivity index is 1.31. The van der Waals surface area contributed by atoms with E-state index < -0.39 is 0 Å². The molecule has 0 fully saturated rings. The Morgan fingerprint density at radius 1 is 0.914 bits per heavy atom. The van der Waals surface area contributed by atoms with Crippen LogP contribution in [0.3, 0.4) is 0 Å². The van der Waals surface area contributed by atoms with Crippen LogP contribution in [-0.2, 0) is 11.2 Å². The molecule has 1 aromatic heterocycles. The highest BCUT2D eigenvalue weighted by atomic mass is 32.2. The lowest BCUT2D eigenvalue weighted by atomic mass is 10.1. The van der Waals surface area contributed by atoms with Gasteiger partial charge in [0, 0.05) is 30.0 Å². The molecule has 0 aliphatic rings. The number of carbonyl (C=O) groups excluding carboxylic acids is 1. The topological polar surface area (TPSA) is 69.0 Å². The molecule has 0 unspecified atom stereocenters. The molecule has 1 N–H and O–H groups in total. The van der Waals surface area contributed by atoms with Gasteiger partial charge in [-0.05, 0) is 49.1 Å². The summed E-state index contributed by atoms with van der Waals surface area (Å²) in [7, 11) is 1.66. The minimum absolute atomic E-state index is 0.110. The smallest absolute Gasteiger partial charge is 0.220 e. The third-order valence-corrected chi connectivity index (χ3v) is 6.62. The molecule has 4 rings (SSSR count). The number of nitrogens with one attached hydrogen (secondary N) is 1. The lowest BCUT2D eigenvalue weighted by Crippen LogP contribution is -2.25. The normalized spacial score (nSPS) is 10.8. The largest absolute Gasteiger partial charge is 0.497 e. The van der Waals surface area contributed by atoms with E-state index in [0.717, 1.165) is 53.0 Å². The van der Waals surface area contributed by atoms with Crippen molar-refractivity contribution in [3.05, 3.63) is 90.5 Å². The number of methoxy groups -OCH3 is 1. The van der Waals surface area contributed by atoms with E-state index in [0.29, 0.717) is 13.0 Å². The predicted molar refractivity (Wildman–Crippen MR) is 141 cm³/mol. The highest BCUT2D eigenvalue weighted by Gasteiger charge is 2.16. The molecule has 180 valence electrons. The number of hydrogen-bond donors (Lipinski definition) is 1. The molecule has 0 saturated carbocycles. The fourth-order valence-corrected chi connectivity index (χ4v) is 4.68. The fourth-order valence-electron chi connectivity index (χ4n) is 3.73. The van der Waals surface area contributed by atoms with Gasteiger partial charge in [-0.25, -0.2) is 0 Å². The third kappa shape index (κ3) is 6.96. The van der Waals surface area contributed by atoms with E-state index in [1.165, 1.54) is 5.56 Å². The third-order valence-electron chi connectivity index (χ3n) is 5.60. The fraction of sp³-hybridized carbons (Fsp3) is 0.250. The van der Waals surface area contributed by atoms with Crippen LogP contribution in [0.1, 0.15) is 24.8 Å². The van der Waals surface area contributed by atoms with Crippen LogP contribution in [0.5, 0.6) is 5.75 Å². The zero-order valence-electron chi connectivity index (χ0n) is 19.9. The molecule has 0 aliphatic heterocycles. The lowest BCUT2D eigenvalue weighted by Gasteiger charge is -2.11. The van der Waals surface area contributed by atoms with Crippen molar-refractivity contribution in [3.63, 3.8) is 0 Å². The Morgan fingerprint density at radius 2 is 1.63 bits per heavy atom. The van der Waals surface area contributed by atoms with Gasteiger partial charge < -0.3 is 10.1 Å². The van der Waals surface area contributed by atoms with Gasteiger partial charge in [0.15, 0.2) is 11.0 Å². The van der Waals surface area contributed by atoms with Crippen LogP contribution in [-0.4, -0.2) is 40.1 Å². The van der Waals surface area contributed by atoms with Gasteiger partial charge in [-0.3, -0.25) is 9.36 Å². The maximum Gasteiger partial charge on any atom is 0.220 e. The zero-order chi connectivity index (χ0) is 24.3. The molecule has 0 radical (unpaired) electrons. The average Bonchev–Trinajstić information content (AvgIpc) is 3.33. The summed E-state index contributed by atoms with van der Waals surface area (Å²) in [4.78, 5) is 12.2. The van der Waals surface area contributed by atoms with Crippen molar-refractivity contribution in [3.8, 4) is 22.8 Å². The Morgan fingerprint density at radius 3 is 2.34 bits per heavy atom. The number of rotatable bonds is 12. The summed E-state index contributed by atoms with van der Waals surface area (Å²) in [5.74, 6) is 2.58. The molecule has 6 nitrogen and oxygen atoms in total. The number of thioether (sulfide) groups is 1. The van der Waals surface area contributed by atoms with Crippen molar-refractivity contribution in [1.82, 2.24) is 20.1 Å². The zero-order valence-corrected chi connectivity index (χ0v) is 20.7. The summed E-state index contributed by atoms with van der Waals surface area (Å²) >= 11 is 1.66. The van der Waals surface area contributed by atoms with Crippen molar-refractivity contribution >= 4 is 17.7 Å². The van der Waals surface area contributed by atoms with E-state index in [9.17, 15) is 4.79 Å². The summed E-state index contributed by atoms with van der Waals surface area (Å²) in [6.45, 7) is 0.671. The minimum Gasteiger partial charge on any atom is -0.497 e. The molecule has 4 aromatic rings. The molecule has 1 amide bonds. The van der Waals surface area contributed by atoms with E-state index in [1.54, 1.807) is 18.9 Å². The van der Waals surface area contributed by atoms with Gasteiger partial charge in [-0.15, -0.1) is 10.2 Å². The minimum atomic E-state index is 0.110.